The zero-order valence-electron chi connectivity index (χ0n) is 14.4. The normalized spacial score (nSPS) is 19.2. The van der Waals surface area contributed by atoms with Crippen molar-refractivity contribution in [2.24, 2.45) is 5.14 Å². The van der Waals surface area contributed by atoms with Crippen molar-refractivity contribution in [1.82, 2.24) is 4.90 Å². The predicted molar refractivity (Wildman–Crippen MR) is 96.4 cm³/mol. The Labute approximate surface area is 144 Å². The molecule has 1 aliphatic heterocycles. The number of piperidine rings is 1. The van der Waals surface area contributed by atoms with Crippen molar-refractivity contribution < 1.29 is 13.2 Å². The Kier molecular flexibility index (Phi) is 6.37. The number of nitrogens with zero attached hydrogens (tertiary/aromatic N) is 1. The number of amides is 1. The monoisotopic (exact) mass is 353 g/mol. The highest BCUT2D eigenvalue weighted by Gasteiger charge is 2.29. The van der Waals surface area contributed by atoms with Crippen molar-refractivity contribution >= 4 is 21.6 Å². The average Bonchev–Trinajstić information content (AvgIpc) is 2.54. The number of para-hydroxylation sites is 1. The van der Waals surface area contributed by atoms with Crippen LogP contribution in [-0.2, 0) is 27.7 Å². The van der Waals surface area contributed by atoms with Crippen molar-refractivity contribution in [2.75, 3.05) is 25.0 Å². The molecule has 24 heavy (non-hydrogen) atoms. The van der Waals surface area contributed by atoms with Crippen LogP contribution in [0.2, 0.25) is 0 Å². The van der Waals surface area contributed by atoms with Gasteiger partial charge in [-0.3, -0.25) is 9.69 Å². The molecule has 134 valence electrons. The summed E-state index contributed by atoms with van der Waals surface area (Å²) in [5, 5.41) is 7.69. The van der Waals surface area contributed by atoms with Gasteiger partial charge >= 0.3 is 0 Å². The van der Waals surface area contributed by atoms with Crippen LogP contribution >= 0.6 is 0 Å². The predicted octanol–water partition coefficient (Wildman–Crippen LogP) is 1.50. The van der Waals surface area contributed by atoms with Gasteiger partial charge in [-0.1, -0.05) is 32.0 Å². The summed E-state index contributed by atoms with van der Waals surface area (Å²) < 4.78 is 23.1. The summed E-state index contributed by atoms with van der Waals surface area (Å²) >= 11 is 0. The van der Waals surface area contributed by atoms with Gasteiger partial charge in [-0.25, -0.2) is 13.6 Å². The zero-order valence-corrected chi connectivity index (χ0v) is 15.2. The minimum atomic E-state index is -3.55. The van der Waals surface area contributed by atoms with E-state index in [0.29, 0.717) is 13.0 Å². The van der Waals surface area contributed by atoms with Gasteiger partial charge in [-0.2, -0.15) is 0 Å². The molecule has 0 radical (unpaired) electrons. The summed E-state index contributed by atoms with van der Waals surface area (Å²) in [6.07, 6.45) is 3.00. The molecule has 1 atom stereocenters. The van der Waals surface area contributed by atoms with E-state index in [1.54, 1.807) is 0 Å². The van der Waals surface area contributed by atoms with E-state index in [1.807, 2.05) is 23.1 Å². The number of nitrogens with one attached hydrogen (secondary N) is 1. The fourth-order valence-corrected chi connectivity index (χ4v) is 4.12. The number of benzene rings is 1. The first-order valence-corrected chi connectivity index (χ1v) is 10.1. The molecule has 1 saturated heterocycles. The molecule has 0 saturated carbocycles. The Morgan fingerprint density at radius 3 is 2.46 bits per heavy atom. The van der Waals surface area contributed by atoms with Crippen LogP contribution in [-0.4, -0.2) is 44.1 Å². The third kappa shape index (κ3) is 4.78. The highest BCUT2D eigenvalue weighted by atomic mass is 32.2. The van der Waals surface area contributed by atoms with Crippen LogP contribution in [0, 0.1) is 0 Å². The molecule has 1 fully saturated rings. The molecule has 6 nitrogen and oxygen atoms in total. The van der Waals surface area contributed by atoms with E-state index >= 15 is 0 Å². The van der Waals surface area contributed by atoms with Crippen LogP contribution in [0.15, 0.2) is 18.2 Å². The second-order valence-corrected chi connectivity index (χ2v) is 8.14. The van der Waals surface area contributed by atoms with Crippen molar-refractivity contribution in [3.05, 3.63) is 29.3 Å². The van der Waals surface area contributed by atoms with Crippen molar-refractivity contribution in [1.29, 1.82) is 0 Å². The number of sulfonamides is 1. The minimum absolute atomic E-state index is 0.110. The smallest absolute Gasteiger partial charge is 0.238 e. The van der Waals surface area contributed by atoms with E-state index in [0.717, 1.165) is 42.6 Å². The molecule has 1 aromatic carbocycles. The van der Waals surface area contributed by atoms with Crippen LogP contribution < -0.4 is 10.5 Å². The van der Waals surface area contributed by atoms with Gasteiger partial charge in [0.25, 0.3) is 0 Å². The highest BCUT2D eigenvalue weighted by molar-refractivity contribution is 7.89. The number of hydrogen-bond donors (Lipinski definition) is 2. The van der Waals surface area contributed by atoms with Gasteiger partial charge in [0.05, 0.1) is 11.8 Å². The van der Waals surface area contributed by atoms with Gasteiger partial charge in [-0.15, -0.1) is 0 Å². The first-order chi connectivity index (χ1) is 11.3. The van der Waals surface area contributed by atoms with E-state index < -0.39 is 15.3 Å². The average molecular weight is 353 g/mol. The Morgan fingerprint density at radius 2 is 1.92 bits per heavy atom. The summed E-state index contributed by atoms with van der Waals surface area (Å²) in [4.78, 5) is 14.3. The summed E-state index contributed by atoms with van der Waals surface area (Å²) in [6.45, 7) is 5.35. The third-order valence-corrected chi connectivity index (χ3v) is 5.87. The minimum Gasteiger partial charge on any atom is -0.324 e. The summed E-state index contributed by atoms with van der Waals surface area (Å²) in [7, 11) is -3.55. The molecule has 1 aliphatic rings. The second-order valence-electron chi connectivity index (χ2n) is 6.29. The van der Waals surface area contributed by atoms with Gasteiger partial charge in [-0.05, 0) is 43.4 Å². The topological polar surface area (TPSA) is 92.5 Å². The van der Waals surface area contributed by atoms with E-state index in [4.69, 9.17) is 5.14 Å². The second kappa shape index (κ2) is 8.09. The number of carbonyl (C=O) groups excluding carboxylic acids is 1. The summed E-state index contributed by atoms with van der Waals surface area (Å²) in [5.41, 5.74) is 3.13. The molecule has 2 rings (SSSR count). The number of likely N-dealkylation sites (tertiary alicyclic amines) is 1. The van der Waals surface area contributed by atoms with Crippen molar-refractivity contribution in [3.8, 4) is 0 Å². The lowest BCUT2D eigenvalue weighted by Crippen LogP contribution is -2.47. The zero-order chi connectivity index (χ0) is 17.7. The fourth-order valence-electron chi connectivity index (χ4n) is 3.21. The Bertz CT molecular complexity index is 666. The molecule has 1 heterocycles. The Hall–Kier alpha value is -1.44. The van der Waals surface area contributed by atoms with E-state index in [9.17, 15) is 13.2 Å². The number of nitrogens with two attached hydrogens (primary N) is 1. The Morgan fingerprint density at radius 1 is 1.29 bits per heavy atom. The van der Waals surface area contributed by atoms with Crippen LogP contribution in [0.3, 0.4) is 0 Å². The molecule has 0 aromatic heterocycles. The van der Waals surface area contributed by atoms with Crippen molar-refractivity contribution in [2.45, 2.75) is 44.8 Å². The largest absolute Gasteiger partial charge is 0.324 e. The molecule has 1 aromatic rings. The lowest BCUT2D eigenvalue weighted by atomic mass is 10.0. The Balaban J connectivity index is 2.04. The maximum Gasteiger partial charge on any atom is 0.238 e. The van der Waals surface area contributed by atoms with Gasteiger partial charge in [0, 0.05) is 12.2 Å². The van der Waals surface area contributed by atoms with Gasteiger partial charge in [0.2, 0.25) is 15.9 Å². The molecular weight excluding hydrogens is 326 g/mol. The maximum absolute atomic E-state index is 12.4. The SMILES string of the molecule is CCc1cccc(CC)c1NC(=O)CN1CCC[C@H](S(N)(=O)=O)C1. The van der Waals surface area contributed by atoms with Gasteiger partial charge in [0.15, 0.2) is 0 Å². The van der Waals surface area contributed by atoms with Gasteiger partial charge < -0.3 is 5.32 Å². The van der Waals surface area contributed by atoms with Crippen LogP contribution in [0.1, 0.15) is 37.8 Å². The number of primary sulfonamides is 1. The van der Waals surface area contributed by atoms with E-state index in [1.165, 1.54) is 0 Å². The summed E-state index contributed by atoms with van der Waals surface area (Å²) in [6, 6.07) is 6.05. The molecule has 1 amide bonds. The molecule has 0 spiro atoms. The third-order valence-electron chi connectivity index (χ3n) is 4.56. The molecule has 0 bridgehead atoms. The standard InChI is InChI=1S/C17H27N3O3S/c1-3-13-7-5-8-14(4-2)17(13)19-16(21)12-20-10-6-9-15(11-20)24(18,22)23/h5,7-8,15H,3-4,6,9-12H2,1-2H3,(H,19,21)(H2,18,22,23)/t15-/m0/s1. The number of anilines is 1. The molecule has 7 heteroatoms. The molecule has 0 unspecified atom stereocenters. The fraction of sp³-hybridized carbons (Fsp3) is 0.588. The summed E-state index contributed by atoms with van der Waals surface area (Å²) in [5.74, 6) is -0.110. The van der Waals surface area contributed by atoms with E-state index in [-0.39, 0.29) is 12.5 Å². The first-order valence-electron chi connectivity index (χ1n) is 8.49. The number of hydrogen-bond acceptors (Lipinski definition) is 4. The maximum atomic E-state index is 12.4. The molecule has 0 aliphatic carbocycles. The van der Waals surface area contributed by atoms with Crippen LogP contribution in [0.25, 0.3) is 0 Å². The molecule has 3 N–H and O–H groups in total. The van der Waals surface area contributed by atoms with E-state index in [2.05, 4.69) is 19.2 Å². The number of aryl methyl sites for hydroxylation is 2. The number of rotatable bonds is 6. The van der Waals surface area contributed by atoms with Crippen LogP contribution in [0.4, 0.5) is 5.69 Å². The highest BCUT2D eigenvalue weighted by Crippen LogP contribution is 2.23. The number of carbonyl (C=O) groups is 1. The lowest BCUT2D eigenvalue weighted by Gasteiger charge is -2.31. The lowest BCUT2D eigenvalue weighted by molar-refractivity contribution is -0.117. The first kappa shape index (κ1) is 18.9. The quantitative estimate of drug-likeness (QED) is 0.811. The molecular formula is C17H27N3O3S. The van der Waals surface area contributed by atoms with Gasteiger partial charge in [0.1, 0.15) is 0 Å². The van der Waals surface area contributed by atoms with Crippen LogP contribution in [0.5, 0.6) is 0 Å². The van der Waals surface area contributed by atoms with Crippen molar-refractivity contribution in [3.63, 3.8) is 0 Å².